The molecule has 37 heavy (non-hydrogen) atoms. The topological polar surface area (TPSA) is 93.1 Å². The number of carboxylic acids is 1. The third-order valence-corrected chi connectivity index (χ3v) is 6.39. The Balaban J connectivity index is 1.42. The lowest BCUT2D eigenvalue weighted by Gasteiger charge is -2.25. The maximum Gasteiger partial charge on any atom is 0.410 e. The van der Waals surface area contributed by atoms with E-state index in [9.17, 15) is 19.5 Å². The molecule has 1 N–H and O–H groups in total. The zero-order valence-electron chi connectivity index (χ0n) is 21.4. The number of hydrogen-bond donors (Lipinski definition) is 1. The smallest absolute Gasteiger partial charge is 0.410 e. The van der Waals surface area contributed by atoms with E-state index in [1.165, 1.54) is 7.05 Å². The number of ether oxygens (including phenoxy) is 2. The normalized spacial score (nSPS) is 13.3. The Labute approximate surface area is 216 Å². The van der Waals surface area contributed by atoms with Gasteiger partial charge in [-0.3, -0.25) is 4.90 Å². The van der Waals surface area contributed by atoms with Crippen molar-refractivity contribution in [3.8, 4) is 11.1 Å². The van der Waals surface area contributed by atoms with Crippen molar-refractivity contribution < 1.29 is 29.0 Å². The SMILES string of the molecule is CN(C(=O)OCC1c2ccccc2-c2ccccc21)[C@H](Cc1ccc(C(=O)OC(C)(C)C)cc1)C(=O)O. The molecule has 1 aliphatic carbocycles. The summed E-state index contributed by atoms with van der Waals surface area (Å²) in [6.07, 6.45) is -0.649. The van der Waals surface area contributed by atoms with E-state index in [0.29, 0.717) is 11.1 Å². The number of carbonyl (C=O) groups is 3. The van der Waals surface area contributed by atoms with Crippen molar-refractivity contribution in [3.05, 3.63) is 95.1 Å². The highest BCUT2D eigenvalue weighted by Crippen LogP contribution is 2.44. The minimum atomic E-state index is -1.15. The molecule has 0 bridgehead atoms. The van der Waals surface area contributed by atoms with Crippen LogP contribution in [0.3, 0.4) is 0 Å². The molecule has 7 nitrogen and oxygen atoms in total. The quantitative estimate of drug-likeness (QED) is 0.429. The fourth-order valence-electron chi connectivity index (χ4n) is 4.55. The van der Waals surface area contributed by atoms with Crippen molar-refractivity contribution >= 4 is 18.0 Å². The first-order valence-electron chi connectivity index (χ1n) is 12.2. The number of amides is 1. The Hall–Kier alpha value is -4.13. The van der Waals surface area contributed by atoms with E-state index in [1.807, 2.05) is 36.4 Å². The van der Waals surface area contributed by atoms with Gasteiger partial charge in [-0.15, -0.1) is 0 Å². The van der Waals surface area contributed by atoms with Crippen LogP contribution in [0.1, 0.15) is 53.7 Å². The van der Waals surface area contributed by atoms with Crippen molar-refractivity contribution in [1.29, 1.82) is 0 Å². The lowest BCUT2D eigenvalue weighted by atomic mass is 9.98. The van der Waals surface area contributed by atoms with Gasteiger partial charge in [-0.05, 0) is 60.7 Å². The van der Waals surface area contributed by atoms with E-state index in [-0.39, 0.29) is 18.9 Å². The molecule has 192 valence electrons. The molecule has 0 spiro atoms. The number of carbonyl (C=O) groups excluding carboxylic acids is 2. The molecule has 0 fully saturated rings. The van der Waals surface area contributed by atoms with E-state index < -0.39 is 29.7 Å². The first-order valence-corrected chi connectivity index (χ1v) is 12.2. The van der Waals surface area contributed by atoms with Gasteiger partial charge in [0.15, 0.2) is 0 Å². The Morgan fingerprint density at radius 1 is 0.892 bits per heavy atom. The molecule has 7 heteroatoms. The average molecular weight is 502 g/mol. The first kappa shape index (κ1) is 25.9. The number of esters is 1. The lowest BCUT2D eigenvalue weighted by Crippen LogP contribution is -2.44. The summed E-state index contributed by atoms with van der Waals surface area (Å²) in [5.41, 5.74) is 4.82. The number of carboxylic acid groups (broad SMARTS) is 1. The Bertz CT molecular complexity index is 1260. The molecule has 0 heterocycles. The highest BCUT2D eigenvalue weighted by atomic mass is 16.6. The standard InChI is InChI=1S/C30H31NO6/c1-30(2,3)37-28(34)20-15-13-19(14-16-20)17-26(27(32)33)31(4)29(35)36-18-25-23-11-7-5-9-21(23)22-10-6-8-12-24(22)25/h5-16,25-26H,17-18H2,1-4H3,(H,32,33)/t26-/m1/s1. The van der Waals surface area contributed by atoms with Crippen LogP contribution in [0.25, 0.3) is 11.1 Å². The summed E-state index contributed by atoms with van der Waals surface area (Å²) < 4.78 is 11.0. The summed E-state index contributed by atoms with van der Waals surface area (Å²) in [4.78, 5) is 38.3. The largest absolute Gasteiger partial charge is 0.480 e. The number of fused-ring (bicyclic) bond motifs is 3. The van der Waals surface area contributed by atoms with Gasteiger partial charge in [-0.25, -0.2) is 14.4 Å². The molecule has 0 saturated carbocycles. The monoisotopic (exact) mass is 501 g/mol. The maximum atomic E-state index is 12.9. The number of aliphatic carboxylic acids is 1. The predicted molar refractivity (Wildman–Crippen MR) is 140 cm³/mol. The fourth-order valence-corrected chi connectivity index (χ4v) is 4.55. The van der Waals surface area contributed by atoms with Gasteiger partial charge in [0.05, 0.1) is 5.56 Å². The summed E-state index contributed by atoms with van der Waals surface area (Å²) in [5, 5.41) is 9.84. The molecule has 1 aliphatic rings. The van der Waals surface area contributed by atoms with E-state index in [4.69, 9.17) is 9.47 Å². The van der Waals surface area contributed by atoms with Gasteiger partial charge in [-0.2, -0.15) is 0 Å². The van der Waals surface area contributed by atoms with E-state index in [1.54, 1.807) is 45.0 Å². The second-order valence-electron chi connectivity index (χ2n) is 10.2. The van der Waals surface area contributed by atoms with Crippen LogP contribution in [-0.2, 0) is 20.7 Å². The Morgan fingerprint density at radius 2 is 1.43 bits per heavy atom. The van der Waals surface area contributed by atoms with Crippen LogP contribution >= 0.6 is 0 Å². The number of benzene rings is 3. The van der Waals surface area contributed by atoms with Gasteiger partial charge in [0, 0.05) is 19.4 Å². The van der Waals surface area contributed by atoms with Crippen molar-refractivity contribution in [1.82, 2.24) is 4.90 Å². The molecule has 0 unspecified atom stereocenters. The lowest BCUT2D eigenvalue weighted by molar-refractivity contribution is -0.142. The molecule has 0 aliphatic heterocycles. The number of hydrogen-bond acceptors (Lipinski definition) is 5. The molecule has 3 aromatic carbocycles. The minimum Gasteiger partial charge on any atom is -0.480 e. The summed E-state index contributed by atoms with van der Waals surface area (Å²) in [7, 11) is 1.42. The van der Waals surface area contributed by atoms with Crippen molar-refractivity contribution in [2.45, 2.75) is 44.8 Å². The van der Waals surface area contributed by atoms with E-state index >= 15 is 0 Å². The Kier molecular flexibility index (Phi) is 7.34. The number of nitrogens with zero attached hydrogens (tertiary/aromatic N) is 1. The van der Waals surface area contributed by atoms with Crippen molar-refractivity contribution in [2.75, 3.05) is 13.7 Å². The molecule has 4 rings (SSSR count). The van der Waals surface area contributed by atoms with Crippen LogP contribution in [0.4, 0.5) is 4.79 Å². The van der Waals surface area contributed by atoms with Crippen LogP contribution in [0.15, 0.2) is 72.8 Å². The molecule has 0 aromatic heterocycles. The van der Waals surface area contributed by atoms with Gasteiger partial charge >= 0.3 is 18.0 Å². The van der Waals surface area contributed by atoms with Crippen LogP contribution in [0, 0.1) is 0 Å². The summed E-state index contributed by atoms with van der Waals surface area (Å²) in [5.74, 6) is -1.72. The third kappa shape index (κ3) is 5.82. The van der Waals surface area contributed by atoms with Gasteiger partial charge in [0.1, 0.15) is 18.2 Å². The number of likely N-dealkylation sites (N-methyl/N-ethyl adjacent to an activating group) is 1. The second kappa shape index (κ2) is 10.5. The molecule has 0 radical (unpaired) electrons. The summed E-state index contributed by atoms with van der Waals surface area (Å²) >= 11 is 0. The van der Waals surface area contributed by atoms with E-state index in [2.05, 4.69) is 12.1 Å². The zero-order valence-corrected chi connectivity index (χ0v) is 21.4. The van der Waals surface area contributed by atoms with Crippen molar-refractivity contribution in [2.24, 2.45) is 0 Å². The summed E-state index contributed by atoms with van der Waals surface area (Å²) in [6, 6.07) is 21.4. The second-order valence-corrected chi connectivity index (χ2v) is 10.2. The van der Waals surface area contributed by atoms with Gasteiger partial charge in [0.2, 0.25) is 0 Å². The predicted octanol–water partition coefficient (Wildman–Crippen LogP) is 5.52. The molecule has 1 atom stereocenters. The van der Waals surface area contributed by atoms with Crippen molar-refractivity contribution in [3.63, 3.8) is 0 Å². The first-order chi connectivity index (χ1) is 17.5. The molecule has 3 aromatic rings. The zero-order chi connectivity index (χ0) is 26.7. The average Bonchev–Trinajstić information content (AvgIpc) is 3.18. The summed E-state index contributed by atoms with van der Waals surface area (Å²) in [6.45, 7) is 5.47. The van der Waals surface area contributed by atoms with Crippen LogP contribution in [-0.4, -0.2) is 53.3 Å². The van der Waals surface area contributed by atoms with Crippen LogP contribution in [0.5, 0.6) is 0 Å². The van der Waals surface area contributed by atoms with Gasteiger partial charge in [0.25, 0.3) is 0 Å². The third-order valence-electron chi connectivity index (χ3n) is 6.39. The highest BCUT2D eigenvalue weighted by Gasteiger charge is 2.32. The van der Waals surface area contributed by atoms with Crippen LogP contribution in [0.2, 0.25) is 0 Å². The maximum absolute atomic E-state index is 12.9. The molecular weight excluding hydrogens is 470 g/mol. The number of rotatable bonds is 7. The molecule has 1 amide bonds. The highest BCUT2D eigenvalue weighted by molar-refractivity contribution is 5.89. The Morgan fingerprint density at radius 3 is 1.95 bits per heavy atom. The van der Waals surface area contributed by atoms with Gasteiger partial charge < -0.3 is 14.6 Å². The van der Waals surface area contributed by atoms with Crippen LogP contribution < -0.4 is 0 Å². The van der Waals surface area contributed by atoms with E-state index in [0.717, 1.165) is 27.2 Å². The van der Waals surface area contributed by atoms with Gasteiger partial charge in [-0.1, -0.05) is 60.7 Å². The molecule has 0 saturated heterocycles. The fraction of sp³-hybridized carbons (Fsp3) is 0.300. The molecular formula is C30H31NO6. The minimum absolute atomic E-state index is 0.0601.